The second kappa shape index (κ2) is 10.6. The zero-order chi connectivity index (χ0) is 23.1. The average Bonchev–Trinajstić information content (AvgIpc) is 2.97. The fourth-order valence-corrected chi connectivity index (χ4v) is 4.78. The Morgan fingerprint density at radius 1 is 1.09 bits per heavy atom. The number of carbonyl (C=O) groups excluding carboxylic acids is 2. The minimum atomic E-state index is -0.621. The van der Waals surface area contributed by atoms with Gasteiger partial charge in [-0.2, -0.15) is 0 Å². The van der Waals surface area contributed by atoms with Crippen molar-refractivity contribution in [2.24, 2.45) is 0 Å². The minimum Gasteiger partial charge on any atom is -0.496 e. The molecule has 0 heterocycles. The van der Waals surface area contributed by atoms with Crippen LogP contribution in [0.25, 0.3) is 0 Å². The summed E-state index contributed by atoms with van der Waals surface area (Å²) in [5, 5.41) is 14.0. The van der Waals surface area contributed by atoms with E-state index in [9.17, 15) is 14.7 Å². The van der Waals surface area contributed by atoms with Crippen LogP contribution in [-0.4, -0.2) is 54.7 Å². The summed E-state index contributed by atoms with van der Waals surface area (Å²) in [6.07, 6.45) is 2.33. The molecular weight excluding hydrogens is 404 g/mol. The molecule has 3 atom stereocenters. The SMILES string of the molecule is COc1ccccc1CC(=O)N(C)[C@@H]1CC[C@@](CNC(C)=O)(c2ccccc2)CC[C@H]1O. The molecule has 2 aromatic rings. The Morgan fingerprint density at radius 3 is 2.44 bits per heavy atom. The van der Waals surface area contributed by atoms with Crippen LogP contribution in [0, 0.1) is 0 Å². The highest BCUT2D eigenvalue weighted by Crippen LogP contribution is 2.39. The molecule has 0 spiro atoms. The van der Waals surface area contributed by atoms with Crippen LogP contribution in [0.4, 0.5) is 0 Å². The topological polar surface area (TPSA) is 78.9 Å². The highest BCUT2D eigenvalue weighted by Gasteiger charge is 2.40. The predicted octanol–water partition coefficient (Wildman–Crippen LogP) is 3.07. The number of aliphatic hydroxyl groups is 1. The Morgan fingerprint density at radius 2 is 1.75 bits per heavy atom. The van der Waals surface area contributed by atoms with E-state index >= 15 is 0 Å². The van der Waals surface area contributed by atoms with Gasteiger partial charge in [0.2, 0.25) is 11.8 Å². The fourth-order valence-electron chi connectivity index (χ4n) is 4.78. The number of ether oxygens (including phenoxy) is 1. The summed E-state index contributed by atoms with van der Waals surface area (Å²) in [6.45, 7) is 2.04. The fraction of sp³-hybridized carbons (Fsp3) is 0.462. The molecule has 6 nitrogen and oxygen atoms in total. The molecule has 0 aliphatic heterocycles. The van der Waals surface area contributed by atoms with Gasteiger partial charge >= 0.3 is 0 Å². The molecule has 1 aliphatic rings. The summed E-state index contributed by atoms with van der Waals surface area (Å²) >= 11 is 0. The van der Waals surface area contributed by atoms with Crippen molar-refractivity contribution in [2.45, 2.75) is 56.6 Å². The second-order valence-electron chi connectivity index (χ2n) is 8.76. The number of aliphatic hydroxyl groups excluding tert-OH is 1. The monoisotopic (exact) mass is 438 g/mol. The highest BCUT2D eigenvalue weighted by atomic mass is 16.5. The highest BCUT2D eigenvalue weighted by molar-refractivity contribution is 5.79. The molecule has 3 rings (SSSR count). The zero-order valence-electron chi connectivity index (χ0n) is 19.2. The zero-order valence-corrected chi connectivity index (χ0v) is 19.2. The van der Waals surface area contributed by atoms with Crippen molar-refractivity contribution in [1.29, 1.82) is 0 Å². The molecule has 2 N–H and O–H groups in total. The lowest BCUT2D eigenvalue weighted by Crippen LogP contribution is -2.45. The maximum atomic E-state index is 13.1. The van der Waals surface area contributed by atoms with Crippen molar-refractivity contribution in [3.8, 4) is 5.75 Å². The summed E-state index contributed by atoms with van der Waals surface area (Å²) in [6, 6.07) is 17.4. The second-order valence-corrected chi connectivity index (χ2v) is 8.76. The van der Waals surface area contributed by atoms with E-state index in [4.69, 9.17) is 4.74 Å². The lowest BCUT2D eigenvalue weighted by molar-refractivity contribution is -0.133. The Labute approximate surface area is 190 Å². The van der Waals surface area contributed by atoms with Crippen molar-refractivity contribution in [1.82, 2.24) is 10.2 Å². The quantitative estimate of drug-likeness (QED) is 0.651. The average molecular weight is 439 g/mol. The van der Waals surface area contributed by atoms with Gasteiger partial charge in [-0.1, -0.05) is 48.5 Å². The first kappa shape index (κ1) is 23.8. The third kappa shape index (κ3) is 5.49. The van der Waals surface area contributed by atoms with Crippen LogP contribution in [0.5, 0.6) is 5.75 Å². The van der Waals surface area contributed by atoms with E-state index in [1.165, 1.54) is 6.92 Å². The van der Waals surface area contributed by atoms with Gasteiger partial charge in [-0.15, -0.1) is 0 Å². The Hall–Kier alpha value is -2.86. The number of nitrogens with one attached hydrogen (secondary N) is 1. The number of nitrogens with zero attached hydrogens (tertiary/aromatic N) is 1. The minimum absolute atomic E-state index is 0.0485. The molecule has 32 heavy (non-hydrogen) atoms. The molecule has 0 saturated heterocycles. The first-order chi connectivity index (χ1) is 15.4. The normalized spacial score (nSPS) is 23.1. The van der Waals surface area contributed by atoms with Crippen molar-refractivity contribution < 1.29 is 19.4 Å². The molecule has 6 heteroatoms. The Kier molecular flexibility index (Phi) is 7.91. The third-order valence-corrected chi connectivity index (χ3v) is 6.77. The van der Waals surface area contributed by atoms with E-state index in [-0.39, 0.29) is 29.7 Å². The molecule has 0 radical (unpaired) electrons. The molecule has 2 aromatic carbocycles. The lowest BCUT2D eigenvalue weighted by Gasteiger charge is -2.34. The van der Waals surface area contributed by atoms with Gasteiger partial charge < -0.3 is 20.1 Å². The number of benzene rings is 2. The van der Waals surface area contributed by atoms with Gasteiger partial charge in [-0.3, -0.25) is 9.59 Å². The van der Waals surface area contributed by atoms with Crippen molar-refractivity contribution >= 4 is 11.8 Å². The number of hydrogen-bond acceptors (Lipinski definition) is 4. The van der Waals surface area contributed by atoms with E-state index in [0.29, 0.717) is 25.1 Å². The lowest BCUT2D eigenvalue weighted by atomic mass is 9.74. The number of likely N-dealkylation sites (N-methyl/N-ethyl adjacent to an activating group) is 1. The summed E-state index contributed by atoms with van der Waals surface area (Å²) in [5.74, 6) is 0.576. The van der Waals surface area contributed by atoms with Gasteiger partial charge in [0, 0.05) is 31.5 Å². The largest absolute Gasteiger partial charge is 0.496 e. The van der Waals surface area contributed by atoms with Gasteiger partial charge in [-0.05, 0) is 37.3 Å². The van der Waals surface area contributed by atoms with E-state index < -0.39 is 6.10 Å². The van der Waals surface area contributed by atoms with Crippen LogP contribution in [0.15, 0.2) is 54.6 Å². The summed E-state index contributed by atoms with van der Waals surface area (Å²) in [5.41, 5.74) is 1.72. The smallest absolute Gasteiger partial charge is 0.227 e. The van der Waals surface area contributed by atoms with E-state index in [0.717, 1.165) is 24.0 Å². The summed E-state index contributed by atoms with van der Waals surface area (Å²) in [7, 11) is 3.37. The van der Waals surface area contributed by atoms with Crippen LogP contribution in [0.2, 0.25) is 0 Å². The summed E-state index contributed by atoms with van der Waals surface area (Å²) < 4.78 is 5.38. The van der Waals surface area contributed by atoms with E-state index in [2.05, 4.69) is 17.4 Å². The van der Waals surface area contributed by atoms with Gasteiger partial charge in [0.25, 0.3) is 0 Å². The van der Waals surface area contributed by atoms with Crippen LogP contribution >= 0.6 is 0 Å². The maximum Gasteiger partial charge on any atom is 0.227 e. The molecule has 172 valence electrons. The molecular formula is C26H34N2O4. The number of rotatable bonds is 7. The summed E-state index contributed by atoms with van der Waals surface area (Å²) in [4.78, 5) is 26.5. The first-order valence-electron chi connectivity index (χ1n) is 11.2. The molecule has 2 amide bonds. The van der Waals surface area contributed by atoms with Crippen molar-refractivity contribution in [2.75, 3.05) is 20.7 Å². The molecule has 0 unspecified atom stereocenters. The van der Waals surface area contributed by atoms with Gasteiger partial charge in [0.1, 0.15) is 5.75 Å². The Balaban J connectivity index is 1.77. The molecule has 1 aliphatic carbocycles. The van der Waals surface area contributed by atoms with Gasteiger partial charge in [0.05, 0.1) is 25.7 Å². The number of amides is 2. The van der Waals surface area contributed by atoms with E-state index in [1.54, 1.807) is 19.1 Å². The number of carbonyl (C=O) groups is 2. The number of para-hydroxylation sites is 1. The van der Waals surface area contributed by atoms with Crippen molar-refractivity contribution in [3.05, 3.63) is 65.7 Å². The molecule has 1 saturated carbocycles. The standard InChI is InChI=1S/C26H34N2O4/c1-19(29)27-18-26(21-10-5-4-6-11-21)15-13-22(23(30)14-16-26)28(2)25(31)17-20-9-7-8-12-24(20)32-3/h4-12,22-23,30H,13-18H2,1-3H3,(H,27,29)/t22-,23-,26-/m1/s1. The van der Waals surface area contributed by atoms with Crippen LogP contribution < -0.4 is 10.1 Å². The van der Waals surface area contributed by atoms with Crippen LogP contribution in [0.1, 0.15) is 43.7 Å². The van der Waals surface area contributed by atoms with Gasteiger partial charge in [0.15, 0.2) is 0 Å². The molecule has 0 bridgehead atoms. The number of hydrogen-bond donors (Lipinski definition) is 2. The first-order valence-corrected chi connectivity index (χ1v) is 11.2. The third-order valence-electron chi connectivity index (χ3n) is 6.77. The van der Waals surface area contributed by atoms with Crippen molar-refractivity contribution in [3.63, 3.8) is 0 Å². The Bertz CT molecular complexity index is 917. The number of methoxy groups -OCH3 is 1. The molecule has 1 fully saturated rings. The van der Waals surface area contributed by atoms with Gasteiger partial charge in [-0.25, -0.2) is 0 Å². The van der Waals surface area contributed by atoms with Crippen LogP contribution in [-0.2, 0) is 21.4 Å². The van der Waals surface area contributed by atoms with Crippen LogP contribution in [0.3, 0.4) is 0 Å². The van der Waals surface area contributed by atoms with E-state index in [1.807, 2.05) is 42.5 Å². The molecule has 0 aromatic heterocycles. The maximum absolute atomic E-state index is 13.1. The predicted molar refractivity (Wildman–Crippen MR) is 125 cm³/mol.